The molecule has 0 radical (unpaired) electrons. The summed E-state index contributed by atoms with van der Waals surface area (Å²) < 4.78 is 0. The van der Waals surface area contributed by atoms with Crippen molar-refractivity contribution in [2.75, 3.05) is 0 Å². The summed E-state index contributed by atoms with van der Waals surface area (Å²) in [5, 5.41) is 14.2. The molecule has 26 heavy (non-hydrogen) atoms. The van der Waals surface area contributed by atoms with Gasteiger partial charge in [-0.1, -0.05) is 39.7 Å². The minimum atomic E-state index is -0.984. The fraction of sp³-hybridized carbons (Fsp3) is 0.650. The standard InChI is InChI=1S/C20H29NO4S/c1-20(2,3)16(22)12-14(11-15-9-6-10-26-15)18(23)21-17(19(24)25)13-7-4-5-8-13/h6,9-10,13-14,17H,4-5,7-8,11-12H2,1-3H3,(H,21,23)(H,24,25). The lowest BCUT2D eigenvalue weighted by molar-refractivity contribution is -0.144. The van der Waals surface area contributed by atoms with Crippen molar-refractivity contribution in [2.24, 2.45) is 17.3 Å². The molecule has 1 fully saturated rings. The molecule has 2 N–H and O–H groups in total. The van der Waals surface area contributed by atoms with Crippen molar-refractivity contribution in [3.8, 4) is 0 Å². The van der Waals surface area contributed by atoms with E-state index in [-0.39, 0.29) is 24.0 Å². The van der Waals surface area contributed by atoms with Crippen LogP contribution in [0.3, 0.4) is 0 Å². The summed E-state index contributed by atoms with van der Waals surface area (Å²) in [6, 6.07) is 3.00. The van der Waals surface area contributed by atoms with Gasteiger partial charge in [0, 0.05) is 22.6 Å². The predicted molar refractivity (Wildman–Crippen MR) is 102 cm³/mol. The van der Waals surface area contributed by atoms with Crippen LogP contribution in [-0.2, 0) is 20.8 Å². The quantitative estimate of drug-likeness (QED) is 0.722. The lowest BCUT2D eigenvalue weighted by Gasteiger charge is -2.25. The SMILES string of the molecule is CC(C)(C)C(=O)CC(Cc1cccs1)C(=O)NC(C(=O)O)C1CCCC1. The van der Waals surface area contributed by atoms with Gasteiger partial charge in [0.05, 0.1) is 0 Å². The van der Waals surface area contributed by atoms with Crippen molar-refractivity contribution in [1.82, 2.24) is 5.32 Å². The number of carbonyl (C=O) groups excluding carboxylic acids is 2. The van der Waals surface area contributed by atoms with Gasteiger partial charge < -0.3 is 10.4 Å². The zero-order chi connectivity index (χ0) is 19.3. The molecule has 0 saturated heterocycles. The van der Waals surface area contributed by atoms with Gasteiger partial charge in [-0.2, -0.15) is 0 Å². The molecule has 2 atom stereocenters. The first-order valence-electron chi connectivity index (χ1n) is 9.27. The molecule has 1 aliphatic rings. The Morgan fingerprint density at radius 1 is 1.27 bits per heavy atom. The molecular formula is C20H29NO4S. The average molecular weight is 380 g/mol. The number of amides is 1. The Morgan fingerprint density at radius 3 is 2.42 bits per heavy atom. The van der Waals surface area contributed by atoms with Crippen LogP contribution < -0.4 is 5.32 Å². The average Bonchev–Trinajstić information content (AvgIpc) is 3.23. The van der Waals surface area contributed by atoms with E-state index in [1.807, 2.05) is 38.3 Å². The molecular weight excluding hydrogens is 350 g/mol. The number of Topliss-reactive ketones (excluding diaryl/α,β-unsaturated/α-hetero) is 1. The van der Waals surface area contributed by atoms with E-state index in [2.05, 4.69) is 5.32 Å². The van der Waals surface area contributed by atoms with Crippen LogP contribution in [-0.4, -0.2) is 28.8 Å². The third-order valence-corrected chi connectivity index (χ3v) is 6.00. The number of carboxylic acid groups (broad SMARTS) is 1. The van der Waals surface area contributed by atoms with Crippen LogP contribution in [0.25, 0.3) is 0 Å². The van der Waals surface area contributed by atoms with Crippen molar-refractivity contribution in [2.45, 2.75) is 65.3 Å². The molecule has 6 heteroatoms. The highest BCUT2D eigenvalue weighted by atomic mass is 32.1. The van der Waals surface area contributed by atoms with Crippen molar-refractivity contribution >= 4 is 29.0 Å². The highest BCUT2D eigenvalue weighted by molar-refractivity contribution is 7.09. The van der Waals surface area contributed by atoms with Gasteiger partial charge in [0.1, 0.15) is 11.8 Å². The number of thiophene rings is 1. The monoisotopic (exact) mass is 379 g/mol. The summed E-state index contributed by atoms with van der Waals surface area (Å²) in [5.41, 5.74) is -0.522. The largest absolute Gasteiger partial charge is 0.480 e. The molecule has 2 unspecified atom stereocenters. The van der Waals surface area contributed by atoms with Gasteiger partial charge in [-0.3, -0.25) is 9.59 Å². The molecule has 1 aromatic rings. The fourth-order valence-corrected chi connectivity index (χ4v) is 4.19. The van der Waals surface area contributed by atoms with Crippen LogP contribution in [0, 0.1) is 17.3 Å². The molecule has 2 rings (SSSR count). The Morgan fingerprint density at radius 2 is 1.92 bits per heavy atom. The molecule has 1 aliphatic carbocycles. The maximum Gasteiger partial charge on any atom is 0.326 e. The van der Waals surface area contributed by atoms with Crippen LogP contribution in [0.5, 0.6) is 0 Å². The molecule has 1 aromatic heterocycles. The first-order chi connectivity index (χ1) is 12.2. The molecule has 0 aliphatic heterocycles. The Balaban J connectivity index is 2.12. The van der Waals surface area contributed by atoms with Gasteiger partial charge in [-0.25, -0.2) is 4.79 Å². The van der Waals surface area contributed by atoms with Gasteiger partial charge in [0.25, 0.3) is 0 Å². The summed E-state index contributed by atoms with van der Waals surface area (Å²) in [7, 11) is 0. The third kappa shape index (κ3) is 5.66. The molecule has 1 amide bonds. The highest BCUT2D eigenvalue weighted by Gasteiger charge is 2.35. The topological polar surface area (TPSA) is 83.5 Å². The highest BCUT2D eigenvalue weighted by Crippen LogP contribution is 2.29. The molecule has 0 bridgehead atoms. The first-order valence-corrected chi connectivity index (χ1v) is 10.2. The minimum Gasteiger partial charge on any atom is -0.480 e. The second-order valence-corrected chi connectivity index (χ2v) is 9.26. The second-order valence-electron chi connectivity index (χ2n) is 8.23. The van der Waals surface area contributed by atoms with E-state index in [1.165, 1.54) is 0 Å². The van der Waals surface area contributed by atoms with Crippen molar-refractivity contribution in [3.05, 3.63) is 22.4 Å². The summed E-state index contributed by atoms with van der Waals surface area (Å²) in [4.78, 5) is 38.1. The van der Waals surface area contributed by atoms with Crippen molar-refractivity contribution in [1.29, 1.82) is 0 Å². The van der Waals surface area contributed by atoms with E-state index in [4.69, 9.17) is 0 Å². The summed E-state index contributed by atoms with van der Waals surface area (Å²) in [6.07, 6.45) is 4.25. The maximum atomic E-state index is 12.9. The van der Waals surface area contributed by atoms with E-state index in [0.717, 1.165) is 30.6 Å². The van der Waals surface area contributed by atoms with Gasteiger partial charge in [0.15, 0.2) is 0 Å². The molecule has 0 spiro atoms. The van der Waals surface area contributed by atoms with E-state index >= 15 is 0 Å². The minimum absolute atomic E-state index is 0.0157. The van der Waals surface area contributed by atoms with Gasteiger partial charge in [0.2, 0.25) is 5.91 Å². The predicted octanol–water partition coefficient (Wildman–Crippen LogP) is 3.67. The lowest BCUT2D eigenvalue weighted by atomic mass is 9.83. The number of carbonyl (C=O) groups is 3. The van der Waals surface area contributed by atoms with Crippen molar-refractivity contribution in [3.63, 3.8) is 0 Å². The smallest absolute Gasteiger partial charge is 0.326 e. The van der Waals surface area contributed by atoms with Crippen LogP contribution in [0.15, 0.2) is 17.5 Å². The fourth-order valence-electron chi connectivity index (χ4n) is 3.40. The van der Waals surface area contributed by atoms with E-state index < -0.39 is 23.3 Å². The number of aliphatic carboxylic acids is 1. The van der Waals surface area contributed by atoms with Gasteiger partial charge in [-0.05, 0) is 36.6 Å². The first kappa shape index (κ1) is 20.6. The third-order valence-electron chi connectivity index (χ3n) is 5.10. The normalized spacial score (nSPS) is 17.7. The number of hydrogen-bond acceptors (Lipinski definition) is 4. The summed E-state index contributed by atoms with van der Waals surface area (Å²) in [6.45, 7) is 5.52. The molecule has 144 valence electrons. The zero-order valence-corrected chi connectivity index (χ0v) is 16.6. The number of carboxylic acids is 1. The van der Waals surface area contributed by atoms with Gasteiger partial charge in [-0.15, -0.1) is 11.3 Å². The Hall–Kier alpha value is -1.69. The Bertz CT molecular complexity index is 627. The van der Waals surface area contributed by atoms with Gasteiger partial charge >= 0.3 is 5.97 Å². The summed E-state index contributed by atoms with van der Waals surface area (Å²) in [5.74, 6) is -1.85. The number of nitrogens with one attached hydrogen (secondary N) is 1. The van der Waals surface area contributed by atoms with Crippen LogP contribution >= 0.6 is 11.3 Å². The number of ketones is 1. The number of hydrogen-bond donors (Lipinski definition) is 2. The van der Waals surface area contributed by atoms with Crippen LogP contribution in [0.1, 0.15) is 57.8 Å². The summed E-state index contributed by atoms with van der Waals surface area (Å²) >= 11 is 1.55. The Kier molecular flexibility index (Phi) is 6.98. The maximum absolute atomic E-state index is 12.9. The van der Waals surface area contributed by atoms with E-state index in [0.29, 0.717) is 6.42 Å². The zero-order valence-electron chi connectivity index (χ0n) is 15.8. The van der Waals surface area contributed by atoms with Crippen LogP contribution in [0.2, 0.25) is 0 Å². The Labute approximate surface area is 159 Å². The second kappa shape index (κ2) is 8.80. The molecule has 5 nitrogen and oxygen atoms in total. The lowest BCUT2D eigenvalue weighted by Crippen LogP contribution is -2.48. The van der Waals surface area contributed by atoms with Crippen molar-refractivity contribution < 1.29 is 19.5 Å². The molecule has 0 aromatic carbocycles. The van der Waals surface area contributed by atoms with E-state index in [1.54, 1.807) is 11.3 Å². The van der Waals surface area contributed by atoms with E-state index in [9.17, 15) is 19.5 Å². The molecule has 1 saturated carbocycles. The van der Waals surface area contributed by atoms with Crippen LogP contribution in [0.4, 0.5) is 0 Å². The number of rotatable bonds is 8. The molecule has 1 heterocycles.